The Bertz CT molecular complexity index is 364. The van der Waals surface area contributed by atoms with Gasteiger partial charge in [0.2, 0.25) is 0 Å². The molecule has 1 unspecified atom stereocenters. The van der Waals surface area contributed by atoms with Crippen LogP contribution in [0.25, 0.3) is 0 Å². The minimum Gasteiger partial charge on any atom is -0.496 e. The highest BCUT2D eigenvalue weighted by Crippen LogP contribution is 2.36. The van der Waals surface area contributed by atoms with Gasteiger partial charge in [0.1, 0.15) is 5.75 Å². The predicted molar refractivity (Wildman–Crippen MR) is 65.7 cm³/mol. The average molecular weight is 291 g/mol. The molecule has 1 heterocycles. The molecule has 0 bridgehead atoms. The number of ether oxygens (including phenoxy) is 1. The van der Waals surface area contributed by atoms with E-state index in [2.05, 4.69) is 21.2 Å². The molecule has 0 aliphatic carbocycles. The molecule has 1 aliphatic rings. The van der Waals surface area contributed by atoms with Gasteiger partial charge in [0, 0.05) is 17.1 Å². The van der Waals surface area contributed by atoms with E-state index in [-0.39, 0.29) is 0 Å². The van der Waals surface area contributed by atoms with Crippen LogP contribution in [0.1, 0.15) is 24.4 Å². The van der Waals surface area contributed by atoms with Crippen LogP contribution in [-0.2, 0) is 0 Å². The lowest BCUT2D eigenvalue weighted by molar-refractivity contribution is 0.412. The van der Waals surface area contributed by atoms with E-state index in [0.717, 1.165) is 33.8 Å². The molecule has 15 heavy (non-hydrogen) atoms. The molecule has 2 nitrogen and oxygen atoms in total. The number of halogens is 2. The van der Waals surface area contributed by atoms with Gasteiger partial charge < -0.3 is 10.1 Å². The van der Waals surface area contributed by atoms with Gasteiger partial charge in [-0.05, 0) is 46.9 Å². The molecule has 1 saturated heterocycles. The lowest BCUT2D eigenvalue weighted by atomic mass is 10.1. The van der Waals surface area contributed by atoms with Crippen LogP contribution < -0.4 is 10.1 Å². The third-order valence-electron chi connectivity index (χ3n) is 2.71. The van der Waals surface area contributed by atoms with Crippen molar-refractivity contribution in [2.24, 2.45) is 0 Å². The summed E-state index contributed by atoms with van der Waals surface area (Å²) in [6.45, 7) is 1.07. The Kier molecular flexibility index (Phi) is 3.54. The molecular formula is C11H13BrClNO. The predicted octanol–water partition coefficient (Wildman–Crippen LogP) is 3.54. The third-order valence-corrected chi connectivity index (χ3v) is 3.65. The van der Waals surface area contributed by atoms with Gasteiger partial charge >= 0.3 is 0 Å². The Labute approximate surface area is 103 Å². The van der Waals surface area contributed by atoms with Crippen molar-refractivity contribution in [3.63, 3.8) is 0 Å². The van der Waals surface area contributed by atoms with Gasteiger partial charge in [-0.1, -0.05) is 11.6 Å². The van der Waals surface area contributed by atoms with Crippen molar-refractivity contribution in [1.29, 1.82) is 0 Å². The molecule has 1 aromatic rings. The van der Waals surface area contributed by atoms with E-state index < -0.39 is 0 Å². The number of nitrogens with one attached hydrogen (secondary N) is 1. The monoisotopic (exact) mass is 289 g/mol. The van der Waals surface area contributed by atoms with Crippen LogP contribution in [0.15, 0.2) is 16.6 Å². The number of benzene rings is 1. The molecular weight excluding hydrogens is 277 g/mol. The van der Waals surface area contributed by atoms with Crippen molar-refractivity contribution in [1.82, 2.24) is 5.32 Å². The molecule has 0 aromatic heterocycles. The Morgan fingerprint density at radius 1 is 1.53 bits per heavy atom. The summed E-state index contributed by atoms with van der Waals surface area (Å²) >= 11 is 9.70. The van der Waals surface area contributed by atoms with E-state index in [4.69, 9.17) is 16.3 Å². The first-order valence-corrected chi connectivity index (χ1v) is 6.16. The van der Waals surface area contributed by atoms with E-state index >= 15 is 0 Å². The second-order valence-electron chi connectivity index (χ2n) is 3.66. The van der Waals surface area contributed by atoms with Crippen molar-refractivity contribution in [3.05, 3.63) is 27.2 Å². The van der Waals surface area contributed by atoms with Gasteiger partial charge in [0.25, 0.3) is 0 Å². The summed E-state index contributed by atoms with van der Waals surface area (Å²) < 4.78 is 6.15. The summed E-state index contributed by atoms with van der Waals surface area (Å²) in [5.41, 5.74) is 1.15. The first kappa shape index (κ1) is 11.2. The maximum Gasteiger partial charge on any atom is 0.134 e. The maximum absolute atomic E-state index is 6.22. The summed E-state index contributed by atoms with van der Waals surface area (Å²) in [7, 11) is 1.64. The summed E-state index contributed by atoms with van der Waals surface area (Å²) in [6, 6.07) is 4.30. The van der Waals surface area contributed by atoms with Crippen molar-refractivity contribution in [2.75, 3.05) is 13.7 Å². The first-order valence-electron chi connectivity index (χ1n) is 4.98. The van der Waals surface area contributed by atoms with Crippen molar-refractivity contribution in [2.45, 2.75) is 18.9 Å². The fraction of sp³-hybridized carbons (Fsp3) is 0.455. The van der Waals surface area contributed by atoms with Crippen molar-refractivity contribution >= 4 is 27.5 Å². The van der Waals surface area contributed by atoms with Crippen LogP contribution in [0.2, 0.25) is 5.02 Å². The summed E-state index contributed by atoms with van der Waals surface area (Å²) in [5, 5.41) is 4.20. The summed E-state index contributed by atoms with van der Waals surface area (Å²) in [6.07, 6.45) is 2.36. The quantitative estimate of drug-likeness (QED) is 0.899. The van der Waals surface area contributed by atoms with E-state index in [9.17, 15) is 0 Å². The molecule has 0 radical (unpaired) electrons. The number of hydrogen-bond acceptors (Lipinski definition) is 2. The molecule has 1 atom stereocenters. The number of methoxy groups -OCH3 is 1. The lowest BCUT2D eigenvalue weighted by Crippen LogP contribution is -2.13. The van der Waals surface area contributed by atoms with E-state index in [1.54, 1.807) is 7.11 Å². The highest BCUT2D eigenvalue weighted by molar-refractivity contribution is 9.10. The van der Waals surface area contributed by atoms with Gasteiger partial charge in [0.05, 0.1) is 11.6 Å². The lowest BCUT2D eigenvalue weighted by Gasteiger charge is -2.14. The number of rotatable bonds is 2. The first-order chi connectivity index (χ1) is 7.22. The summed E-state index contributed by atoms with van der Waals surface area (Å²) in [4.78, 5) is 0. The minimum absolute atomic E-state index is 0.389. The van der Waals surface area contributed by atoms with Gasteiger partial charge in [-0.25, -0.2) is 0 Å². The van der Waals surface area contributed by atoms with E-state index in [0.29, 0.717) is 6.04 Å². The molecule has 82 valence electrons. The fourth-order valence-corrected chi connectivity index (χ4v) is 2.73. The Balaban J connectivity index is 2.35. The van der Waals surface area contributed by atoms with Crippen LogP contribution in [0.5, 0.6) is 5.75 Å². The smallest absolute Gasteiger partial charge is 0.134 e. The van der Waals surface area contributed by atoms with E-state index in [1.165, 1.54) is 6.42 Å². The topological polar surface area (TPSA) is 21.3 Å². The van der Waals surface area contributed by atoms with Crippen LogP contribution in [0, 0.1) is 0 Å². The van der Waals surface area contributed by atoms with Gasteiger partial charge in [0.15, 0.2) is 0 Å². The Morgan fingerprint density at radius 2 is 2.33 bits per heavy atom. The van der Waals surface area contributed by atoms with Gasteiger partial charge in [-0.3, -0.25) is 0 Å². The maximum atomic E-state index is 6.22. The minimum atomic E-state index is 0.389. The molecule has 1 fully saturated rings. The molecule has 1 aliphatic heterocycles. The Morgan fingerprint density at radius 3 is 2.93 bits per heavy atom. The number of hydrogen-bond donors (Lipinski definition) is 1. The molecule has 1 aromatic carbocycles. The van der Waals surface area contributed by atoms with Crippen LogP contribution >= 0.6 is 27.5 Å². The standard InChI is InChI=1S/C11H13BrClNO/c1-15-11-6-9(13)7(5-8(11)12)10-3-2-4-14-10/h5-6,10,14H,2-4H2,1H3. The SMILES string of the molecule is COc1cc(Cl)c(C2CCCN2)cc1Br. The normalized spacial score (nSPS) is 20.6. The largest absolute Gasteiger partial charge is 0.496 e. The zero-order valence-electron chi connectivity index (χ0n) is 8.52. The molecule has 4 heteroatoms. The second-order valence-corrected chi connectivity index (χ2v) is 4.92. The van der Waals surface area contributed by atoms with Gasteiger partial charge in [-0.15, -0.1) is 0 Å². The van der Waals surface area contributed by atoms with Crippen LogP contribution in [0.4, 0.5) is 0 Å². The molecule has 0 spiro atoms. The molecule has 0 amide bonds. The van der Waals surface area contributed by atoms with Gasteiger partial charge in [-0.2, -0.15) is 0 Å². The fourth-order valence-electron chi connectivity index (χ4n) is 1.92. The van der Waals surface area contributed by atoms with Crippen molar-refractivity contribution in [3.8, 4) is 5.75 Å². The van der Waals surface area contributed by atoms with E-state index in [1.807, 2.05) is 12.1 Å². The zero-order chi connectivity index (χ0) is 10.8. The molecule has 2 rings (SSSR count). The molecule has 0 saturated carbocycles. The van der Waals surface area contributed by atoms with Crippen LogP contribution in [0.3, 0.4) is 0 Å². The molecule has 1 N–H and O–H groups in total. The van der Waals surface area contributed by atoms with Crippen LogP contribution in [-0.4, -0.2) is 13.7 Å². The third kappa shape index (κ3) is 2.30. The highest BCUT2D eigenvalue weighted by Gasteiger charge is 2.20. The summed E-state index contributed by atoms with van der Waals surface area (Å²) in [5.74, 6) is 0.779. The highest BCUT2D eigenvalue weighted by atomic mass is 79.9. The van der Waals surface area contributed by atoms with Crippen molar-refractivity contribution < 1.29 is 4.74 Å². The average Bonchev–Trinajstić information content (AvgIpc) is 2.74. The second kappa shape index (κ2) is 4.73. The zero-order valence-corrected chi connectivity index (χ0v) is 10.9. The Hall–Kier alpha value is -0.250.